The van der Waals surface area contributed by atoms with Gasteiger partial charge in [-0.05, 0) is 44.5 Å². The number of benzene rings is 1. The Labute approximate surface area is 195 Å². The number of esters is 1. The van der Waals surface area contributed by atoms with Crippen LogP contribution in [0.1, 0.15) is 36.7 Å². The molecule has 1 aliphatic rings. The van der Waals surface area contributed by atoms with Gasteiger partial charge in [0.05, 0.1) is 34.6 Å². The van der Waals surface area contributed by atoms with Gasteiger partial charge in [-0.15, -0.1) is 0 Å². The van der Waals surface area contributed by atoms with Crippen LogP contribution in [-0.4, -0.2) is 41.0 Å². The maximum absolute atomic E-state index is 13.6. The Bertz CT molecular complexity index is 1420. The summed E-state index contributed by atoms with van der Waals surface area (Å²) in [5, 5.41) is 4.26. The molecule has 0 saturated carbocycles. The van der Waals surface area contributed by atoms with Crippen molar-refractivity contribution in [3.8, 4) is 0 Å². The van der Waals surface area contributed by atoms with E-state index in [0.29, 0.717) is 20.6 Å². The minimum Gasteiger partial charge on any atom is -0.463 e. The van der Waals surface area contributed by atoms with Crippen LogP contribution < -0.4 is 19.8 Å². The Morgan fingerprint density at radius 2 is 1.94 bits per heavy atom. The van der Waals surface area contributed by atoms with Crippen LogP contribution in [0.3, 0.4) is 0 Å². The first-order valence-corrected chi connectivity index (χ1v) is 11.5. The van der Waals surface area contributed by atoms with Gasteiger partial charge in [-0.3, -0.25) is 14.0 Å². The number of hydrogen-bond acceptors (Lipinski definition) is 7. The summed E-state index contributed by atoms with van der Waals surface area (Å²) in [6.07, 6.45) is 3.57. The van der Waals surface area contributed by atoms with Gasteiger partial charge >= 0.3 is 5.97 Å². The van der Waals surface area contributed by atoms with E-state index in [0.717, 1.165) is 22.5 Å². The summed E-state index contributed by atoms with van der Waals surface area (Å²) in [5.41, 5.74) is 4.42. The zero-order chi connectivity index (χ0) is 23.9. The molecule has 0 saturated heterocycles. The zero-order valence-electron chi connectivity index (χ0n) is 19.6. The highest BCUT2D eigenvalue weighted by Crippen LogP contribution is 2.31. The molecule has 0 N–H and O–H groups in total. The van der Waals surface area contributed by atoms with E-state index < -0.39 is 12.0 Å². The van der Waals surface area contributed by atoms with Crippen molar-refractivity contribution >= 4 is 29.1 Å². The maximum Gasteiger partial charge on any atom is 0.338 e. The van der Waals surface area contributed by atoms with Crippen LogP contribution >= 0.6 is 11.3 Å². The molecule has 2 aromatic heterocycles. The van der Waals surface area contributed by atoms with Gasteiger partial charge in [-0.1, -0.05) is 23.5 Å². The first-order chi connectivity index (χ1) is 15.7. The van der Waals surface area contributed by atoms with Crippen molar-refractivity contribution < 1.29 is 9.53 Å². The summed E-state index contributed by atoms with van der Waals surface area (Å²) in [6.45, 7) is 5.75. The molecule has 0 radical (unpaired) electrons. The number of carbonyl (C=O) groups is 1. The first kappa shape index (κ1) is 22.7. The predicted molar refractivity (Wildman–Crippen MR) is 129 cm³/mol. The topological polar surface area (TPSA) is 81.7 Å². The molecule has 1 aliphatic heterocycles. The van der Waals surface area contributed by atoms with Gasteiger partial charge in [-0.25, -0.2) is 9.79 Å². The van der Waals surface area contributed by atoms with Crippen molar-refractivity contribution in [2.75, 3.05) is 25.6 Å². The van der Waals surface area contributed by atoms with Crippen LogP contribution in [-0.2, 0) is 16.6 Å². The maximum atomic E-state index is 13.6. The van der Waals surface area contributed by atoms with Crippen LogP contribution in [0.15, 0.2) is 51.5 Å². The third-order valence-electron chi connectivity index (χ3n) is 5.80. The SMILES string of the molecule is CCOC(=O)C1=C(C)N=c2s/c(=C/c3cnn(C)c3C)c(=O)n2[C@@H]1c1ccc(N(C)C)cc1. The molecule has 0 amide bonds. The number of allylic oxidation sites excluding steroid dienone is 1. The molecule has 0 bridgehead atoms. The lowest BCUT2D eigenvalue weighted by Crippen LogP contribution is -2.40. The normalized spacial score (nSPS) is 15.9. The molecule has 0 aliphatic carbocycles. The smallest absolute Gasteiger partial charge is 0.338 e. The van der Waals surface area contributed by atoms with Crippen molar-refractivity contribution in [3.05, 3.63) is 78.2 Å². The minimum atomic E-state index is -0.617. The van der Waals surface area contributed by atoms with E-state index >= 15 is 0 Å². The number of nitrogens with zero attached hydrogens (tertiary/aromatic N) is 5. The zero-order valence-corrected chi connectivity index (χ0v) is 20.4. The van der Waals surface area contributed by atoms with E-state index in [1.807, 2.05) is 63.3 Å². The van der Waals surface area contributed by atoms with Gasteiger partial charge in [0.15, 0.2) is 4.80 Å². The van der Waals surface area contributed by atoms with Crippen molar-refractivity contribution in [1.82, 2.24) is 14.3 Å². The summed E-state index contributed by atoms with van der Waals surface area (Å²) in [6, 6.07) is 7.22. The number of carbonyl (C=O) groups excluding carboxylic acids is 1. The van der Waals surface area contributed by atoms with Crippen LogP contribution in [0.2, 0.25) is 0 Å². The fourth-order valence-electron chi connectivity index (χ4n) is 3.86. The second-order valence-electron chi connectivity index (χ2n) is 8.10. The van der Waals surface area contributed by atoms with Crippen molar-refractivity contribution in [1.29, 1.82) is 0 Å². The molecule has 9 heteroatoms. The standard InChI is InChI=1S/C24H27N5O3S/c1-7-32-23(31)20-14(2)26-24-29(21(20)16-8-10-18(11-9-16)27(4)5)22(30)19(33-24)12-17-13-25-28(6)15(17)3/h8-13,21H,7H2,1-6H3/b19-12+/t21-/m1/s1. The third-order valence-corrected chi connectivity index (χ3v) is 6.79. The van der Waals surface area contributed by atoms with E-state index in [2.05, 4.69) is 10.1 Å². The average Bonchev–Trinajstić information content (AvgIpc) is 3.26. The monoisotopic (exact) mass is 465 g/mol. The first-order valence-electron chi connectivity index (χ1n) is 10.7. The molecule has 1 atom stereocenters. The second-order valence-corrected chi connectivity index (χ2v) is 9.11. The third kappa shape index (κ3) is 4.04. The lowest BCUT2D eigenvalue weighted by atomic mass is 9.95. The number of aryl methyl sites for hydroxylation is 1. The van der Waals surface area contributed by atoms with Gasteiger partial charge in [0.1, 0.15) is 0 Å². The molecule has 3 heterocycles. The molecule has 0 spiro atoms. The number of rotatable bonds is 5. The Morgan fingerprint density at radius 3 is 2.52 bits per heavy atom. The van der Waals surface area contributed by atoms with Gasteiger partial charge in [0.25, 0.3) is 5.56 Å². The number of aromatic nitrogens is 3. The minimum absolute atomic E-state index is 0.196. The molecule has 8 nitrogen and oxygen atoms in total. The molecule has 0 fully saturated rings. The van der Waals surface area contributed by atoms with Crippen molar-refractivity contribution in [2.45, 2.75) is 26.8 Å². The average molecular weight is 466 g/mol. The largest absolute Gasteiger partial charge is 0.463 e. The Kier molecular flexibility index (Phi) is 6.07. The lowest BCUT2D eigenvalue weighted by Gasteiger charge is -2.25. The fourth-order valence-corrected chi connectivity index (χ4v) is 4.90. The summed E-state index contributed by atoms with van der Waals surface area (Å²) in [5.74, 6) is -0.460. The lowest BCUT2D eigenvalue weighted by molar-refractivity contribution is -0.139. The van der Waals surface area contributed by atoms with Crippen LogP contribution in [0.5, 0.6) is 0 Å². The number of thiazole rings is 1. The molecule has 1 aromatic carbocycles. The van der Waals surface area contributed by atoms with Crippen LogP contribution in [0, 0.1) is 6.92 Å². The molecule has 4 rings (SSSR count). The highest BCUT2D eigenvalue weighted by atomic mass is 32.1. The van der Waals surface area contributed by atoms with Crippen LogP contribution in [0.4, 0.5) is 5.69 Å². The highest BCUT2D eigenvalue weighted by molar-refractivity contribution is 7.07. The fraction of sp³-hybridized carbons (Fsp3) is 0.333. The van der Waals surface area contributed by atoms with E-state index in [9.17, 15) is 9.59 Å². The molecular formula is C24H27N5O3S. The number of anilines is 1. The van der Waals surface area contributed by atoms with Crippen molar-refractivity contribution in [3.63, 3.8) is 0 Å². The Balaban J connectivity index is 1.95. The van der Waals surface area contributed by atoms with E-state index in [1.54, 1.807) is 29.3 Å². The van der Waals surface area contributed by atoms with Gasteiger partial charge in [0.2, 0.25) is 0 Å². The predicted octanol–water partition coefficient (Wildman–Crippen LogP) is 1.91. The summed E-state index contributed by atoms with van der Waals surface area (Å²) < 4.78 is 9.25. The molecular weight excluding hydrogens is 438 g/mol. The molecule has 172 valence electrons. The van der Waals surface area contributed by atoms with Gasteiger partial charge in [0, 0.05) is 38.1 Å². The quantitative estimate of drug-likeness (QED) is 0.538. The van der Waals surface area contributed by atoms with Crippen LogP contribution in [0.25, 0.3) is 6.08 Å². The van der Waals surface area contributed by atoms with Gasteiger partial charge in [-0.2, -0.15) is 5.10 Å². The molecule has 0 unspecified atom stereocenters. The number of ether oxygens (including phenoxy) is 1. The Hall–Kier alpha value is -3.46. The summed E-state index contributed by atoms with van der Waals surface area (Å²) in [4.78, 5) is 33.7. The molecule has 33 heavy (non-hydrogen) atoms. The van der Waals surface area contributed by atoms with E-state index in [1.165, 1.54) is 11.3 Å². The van der Waals surface area contributed by atoms with E-state index in [4.69, 9.17) is 4.74 Å². The number of hydrogen-bond donors (Lipinski definition) is 0. The number of fused-ring (bicyclic) bond motifs is 1. The van der Waals surface area contributed by atoms with Gasteiger partial charge < -0.3 is 9.64 Å². The Morgan fingerprint density at radius 1 is 1.24 bits per heavy atom. The highest BCUT2D eigenvalue weighted by Gasteiger charge is 2.33. The van der Waals surface area contributed by atoms with Crippen molar-refractivity contribution in [2.24, 2.45) is 12.0 Å². The second kappa shape index (κ2) is 8.82. The summed E-state index contributed by atoms with van der Waals surface area (Å²) >= 11 is 1.31. The van der Waals surface area contributed by atoms with E-state index in [-0.39, 0.29) is 12.2 Å². The summed E-state index contributed by atoms with van der Waals surface area (Å²) in [7, 11) is 5.79. The molecule has 3 aromatic rings.